The summed E-state index contributed by atoms with van der Waals surface area (Å²) in [6.45, 7) is 2.97. The third-order valence-corrected chi connectivity index (χ3v) is 5.98. The lowest BCUT2D eigenvalue weighted by Gasteiger charge is -2.13. The third-order valence-electron chi connectivity index (χ3n) is 5.98. The van der Waals surface area contributed by atoms with Crippen molar-refractivity contribution in [2.75, 3.05) is 24.7 Å². The molecule has 0 aliphatic rings. The van der Waals surface area contributed by atoms with Crippen molar-refractivity contribution in [3.63, 3.8) is 0 Å². The topological polar surface area (TPSA) is 77.0 Å². The fourth-order valence-corrected chi connectivity index (χ4v) is 4.25. The van der Waals surface area contributed by atoms with Gasteiger partial charge in [-0.05, 0) is 31.0 Å². The maximum absolute atomic E-state index is 12.6. The van der Waals surface area contributed by atoms with E-state index in [1.165, 1.54) is 0 Å². The number of fused-ring (bicyclic) bond motifs is 3. The molecule has 4 aromatic rings. The molecular weight excluding hydrogens is 398 g/mol. The van der Waals surface area contributed by atoms with Crippen molar-refractivity contribution < 1.29 is 4.79 Å². The quantitative estimate of drug-likeness (QED) is 0.291. The molecule has 2 aromatic carbocycles. The van der Waals surface area contributed by atoms with Gasteiger partial charge in [0.15, 0.2) is 11.6 Å². The minimum atomic E-state index is 0.209. The van der Waals surface area contributed by atoms with Crippen LogP contribution in [0.4, 0.5) is 11.5 Å². The van der Waals surface area contributed by atoms with E-state index in [1.54, 1.807) is 0 Å². The monoisotopic (exact) mass is 429 g/mol. The molecule has 2 heterocycles. The first-order valence-corrected chi connectivity index (χ1v) is 11.3. The molecule has 0 saturated heterocycles. The molecule has 166 valence electrons. The van der Waals surface area contributed by atoms with E-state index in [4.69, 9.17) is 10.7 Å². The van der Waals surface area contributed by atoms with Gasteiger partial charge in [-0.1, -0.05) is 43.7 Å². The number of carbonyl (C=O) groups excluding carboxylic acids is 1. The number of anilines is 2. The Morgan fingerprint density at radius 1 is 1.03 bits per heavy atom. The summed E-state index contributed by atoms with van der Waals surface area (Å²) >= 11 is 0. The average Bonchev–Trinajstić information content (AvgIpc) is 3.18. The summed E-state index contributed by atoms with van der Waals surface area (Å²) in [6, 6.07) is 15.9. The number of Topliss-reactive ketones (excluding diaryl/α,β-unsaturated/α-hetero) is 1. The Balaban J connectivity index is 1.44. The third kappa shape index (κ3) is 4.31. The highest BCUT2D eigenvalue weighted by Crippen LogP contribution is 2.29. The first kappa shape index (κ1) is 21.8. The molecular formula is C26H31N5O. The van der Waals surface area contributed by atoms with Crippen LogP contribution >= 0.6 is 0 Å². The Labute approximate surface area is 189 Å². The number of imidazole rings is 1. The molecule has 0 saturated carbocycles. The Morgan fingerprint density at radius 3 is 2.62 bits per heavy atom. The van der Waals surface area contributed by atoms with Crippen molar-refractivity contribution in [1.29, 1.82) is 0 Å². The van der Waals surface area contributed by atoms with Gasteiger partial charge >= 0.3 is 0 Å². The summed E-state index contributed by atoms with van der Waals surface area (Å²) in [5.41, 5.74) is 10.8. The number of benzene rings is 2. The molecule has 6 heteroatoms. The van der Waals surface area contributed by atoms with Gasteiger partial charge in [0, 0.05) is 50.1 Å². The number of hydrogen-bond acceptors (Lipinski definition) is 5. The number of aryl methyl sites for hydroxylation is 2. The van der Waals surface area contributed by atoms with Crippen molar-refractivity contribution in [1.82, 2.24) is 14.5 Å². The second-order valence-electron chi connectivity index (χ2n) is 8.42. The lowest BCUT2D eigenvalue weighted by Crippen LogP contribution is -2.09. The van der Waals surface area contributed by atoms with Gasteiger partial charge in [-0.15, -0.1) is 0 Å². The number of ketones is 1. The first-order chi connectivity index (χ1) is 15.5. The van der Waals surface area contributed by atoms with Gasteiger partial charge < -0.3 is 15.2 Å². The summed E-state index contributed by atoms with van der Waals surface area (Å²) < 4.78 is 2.29. The Bertz CT molecular complexity index is 1260. The molecule has 32 heavy (non-hydrogen) atoms. The van der Waals surface area contributed by atoms with E-state index in [0.29, 0.717) is 12.2 Å². The van der Waals surface area contributed by atoms with Crippen LogP contribution in [0, 0.1) is 0 Å². The number of rotatable bonds is 9. The number of unbranched alkanes of at least 4 members (excludes halogenated alkanes) is 2. The van der Waals surface area contributed by atoms with Crippen molar-refractivity contribution >= 4 is 39.2 Å². The molecule has 4 rings (SSSR count). The SMILES string of the molecule is CCc1nc2c(N)nc3ccccc3c2n1CCCCCC(=O)c1cccc(N(C)C)c1. The van der Waals surface area contributed by atoms with Crippen LogP contribution in [0.1, 0.15) is 48.8 Å². The van der Waals surface area contributed by atoms with E-state index < -0.39 is 0 Å². The predicted octanol–water partition coefficient (Wildman–Crippen LogP) is 5.24. The zero-order valence-corrected chi connectivity index (χ0v) is 19.1. The number of nitrogens with zero attached hydrogens (tertiary/aromatic N) is 4. The highest BCUT2D eigenvalue weighted by atomic mass is 16.1. The van der Waals surface area contributed by atoms with Gasteiger partial charge in [0.05, 0.1) is 11.0 Å². The molecule has 0 spiro atoms. The lowest BCUT2D eigenvalue weighted by atomic mass is 10.0. The van der Waals surface area contributed by atoms with Crippen LogP contribution in [0.25, 0.3) is 21.9 Å². The fraction of sp³-hybridized carbons (Fsp3) is 0.346. The maximum Gasteiger partial charge on any atom is 0.162 e. The van der Waals surface area contributed by atoms with E-state index in [1.807, 2.05) is 61.5 Å². The maximum atomic E-state index is 12.6. The molecule has 0 bridgehead atoms. The van der Waals surface area contributed by atoms with Gasteiger partial charge in [0.25, 0.3) is 0 Å². The van der Waals surface area contributed by atoms with E-state index in [0.717, 1.165) is 71.2 Å². The van der Waals surface area contributed by atoms with Gasteiger partial charge in [-0.25, -0.2) is 9.97 Å². The number of pyridine rings is 1. The highest BCUT2D eigenvalue weighted by molar-refractivity contribution is 6.06. The minimum Gasteiger partial charge on any atom is -0.382 e. The summed E-state index contributed by atoms with van der Waals surface area (Å²) in [7, 11) is 3.97. The number of hydrogen-bond donors (Lipinski definition) is 1. The summed E-state index contributed by atoms with van der Waals surface area (Å²) in [5, 5.41) is 1.08. The molecule has 0 atom stereocenters. The standard InChI is InChI=1S/C26H31N5O/c1-4-23-29-24-25(20-13-7-8-14-21(20)28-26(24)27)31(23)16-9-5-6-15-22(32)18-11-10-12-19(17-18)30(2)3/h7-8,10-14,17H,4-6,9,15-16H2,1-3H3,(H2,27,28). The first-order valence-electron chi connectivity index (χ1n) is 11.3. The number of para-hydroxylation sites is 1. The van der Waals surface area contributed by atoms with Crippen LogP contribution in [0.15, 0.2) is 48.5 Å². The Morgan fingerprint density at radius 2 is 1.84 bits per heavy atom. The van der Waals surface area contributed by atoms with Crippen LogP contribution in [0.2, 0.25) is 0 Å². The number of nitrogen functional groups attached to an aromatic ring is 1. The Kier molecular flexibility index (Phi) is 6.40. The second kappa shape index (κ2) is 9.39. The van der Waals surface area contributed by atoms with E-state index in [-0.39, 0.29) is 5.78 Å². The average molecular weight is 430 g/mol. The zero-order chi connectivity index (χ0) is 22.7. The smallest absolute Gasteiger partial charge is 0.162 e. The van der Waals surface area contributed by atoms with Gasteiger partial charge in [-0.2, -0.15) is 0 Å². The van der Waals surface area contributed by atoms with Crippen LogP contribution in [0.5, 0.6) is 0 Å². The minimum absolute atomic E-state index is 0.209. The number of aromatic nitrogens is 3. The molecule has 0 amide bonds. The molecule has 2 N–H and O–H groups in total. The molecule has 0 unspecified atom stereocenters. The summed E-state index contributed by atoms with van der Waals surface area (Å²) in [5.74, 6) is 1.72. The van der Waals surface area contributed by atoms with Crippen LogP contribution in [-0.2, 0) is 13.0 Å². The molecule has 6 nitrogen and oxygen atoms in total. The zero-order valence-electron chi connectivity index (χ0n) is 19.1. The number of carbonyl (C=O) groups is 1. The molecule has 0 aliphatic heterocycles. The predicted molar refractivity (Wildman–Crippen MR) is 132 cm³/mol. The fourth-order valence-electron chi connectivity index (χ4n) is 4.25. The number of nitrogens with two attached hydrogens (primary N) is 1. The van der Waals surface area contributed by atoms with Crippen LogP contribution in [-0.4, -0.2) is 34.4 Å². The van der Waals surface area contributed by atoms with Crippen LogP contribution in [0.3, 0.4) is 0 Å². The summed E-state index contributed by atoms with van der Waals surface area (Å²) in [6.07, 6.45) is 4.26. The lowest BCUT2D eigenvalue weighted by molar-refractivity contribution is 0.0979. The normalized spacial score (nSPS) is 11.3. The summed E-state index contributed by atoms with van der Waals surface area (Å²) in [4.78, 5) is 23.9. The van der Waals surface area contributed by atoms with Gasteiger partial charge in [-0.3, -0.25) is 4.79 Å². The second-order valence-corrected chi connectivity index (χ2v) is 8.42. The molecule has 0 aliphatic carbocycles. The van der Waals surface area contributed by atoms with Crippen LogP contribution < -0.4 is 10.6 Å². The molecule has 0 fully saturated rings. The Hall–Kier alpha value is -3.41. The van der Waals surface area contributed by atoms with E-state index in [2.05, 4.69) is 22.5 Å². The van der Waals surface area contributed by atoms with Crippen molar-refractivity contribution in [2.24, 2.45) is 0 Å². The molecule has 2 aromatic heterocycles. The largest absolute Gasteiger partial charge is 0.382 e. The van der Waals surface area contributed by atoms with Gasteiger partial charge in [0.1, 0.15) is 11.3 Å². The van der Waals surface area contributed by atoms with E-state index >= 15 is 0 Å². The van der Waals surface area contributed by atoms with Crippen molar-refractivity contribution in [2.45, 2.75) is 45.6 Å². The van der Waals surface area contributed by atoms with Crippen molar-refractivity contribution in [3.05, 3.63) is 59.9 Å². The van der Waals surface area contributed by atoms with Gasteiger partial charge in [0.2, 0.25) is 0 Å². The highest BCUT2D eigenvalue weighted by Gasteiger charge is 2.16. The molecule has 0 radical (unpaired) electrons. The van der Waals surface area contributed by atoms with E-state index in [9.17, 15) is 4.79 Å². The van der Waals surface area contributed by atoms with Crippen molar-refractivity contribution in [3.8, 4) is 0 Å².